The van der Waals surface area contributed by atoms with Gasteiger partial charge in [-0.3, -0.25) is 0 Å². The number of rotatable bonds is 3. The van der Waals surface area contributed by atoms with Crippen LogP contribution in [-0.2, 0) is 16.5 Å². The van der Waals surface area contributed by atoms with E-state index in [0.717, 1.165) is 29.6 Å². The molecule has 0 saturated heterocycles. The van der Waals surface area contributed by atoms with Crippen molar-refractivity contribution < 1.29 is 16.5 Å². The van der Waals surface area contributed by atoms with Crippen LogP contribution in [0.2, 0.25) is 0 Å². The Balaban J connectivity index is 0.000000629. The fraction of sp³-hybridized carbons (Fsp3) is 0.355. The fourth-order valence-corrected chi connectivity index (χ4v) is 7.29. The summed E-state index contributed by atoms with van der Waals surface area (Å²) in [6.45, 7) is 17.0. The van der Waals surface area contributed by atoms with Gasteiger partial charge in [0.15, 0.2) is 0 Å². The van der Waals surface area contributed by atoms with Crippen molar-refractivity contribution in [3.05, 3.63) is 105 Å². The molecule has 0 N–H and O–H groups in total. The van der Waals surface area contributed by atoms with Gasteiger partial charge < -0.3 is 14.4 Å². The minimum Gasteiger partial charge on any atom is -0.358 e. The molecule has 0 spiro atoms. The molecule has 0 radical (unpaired) electrons. The quantitative estimate of drug-likeness (QED) is 0.195. The zero-order valence-electron chi connectivity index (χ0n) is 21.6. The smallest absolute Gasteiger partial charge is 0.358 e. The van der Waals surface area contributed by atoms with Gasteiger partial charge in [-0.1, -0.05) is 89.2 Å². The molecule has 0 heterocycles. The van der Waals surface area contributed by atoms with Crippen molar-refractivity contribution in [2.75, 3.05) is 0 Å². The van der Waals surface area contributed by atoms with Crippen molar-refractivity contribution >= 4 is 23.8 Å². The normalized spacial score (nSPS) is 23.1. The first kappa shape index (κ1) is 31.6. The van der Waals surface area contributed by atoms with Crippen LogP contribution in [0.3, 0.4) is 0 Å². The van der Waals surface area contributed by atoms with Gasteiger partial charge in [0.2, 0.25) is 0 Å². The Morgan fingerprint density at radius 1 is 0.455 bits per heavy atom. The van der Waals surface area contributed by atoms with Crippen LogP contribution in [-0.4, -0.2) is 0 Å². The van der Waals surface area contributed by atoms with E-state index in [4.69, 9.17) is 0 Å². The topological polar surface area (TPSA) is 0 Å². The van der Waals surface area contributed by atoms with Gasteiger partial charge in [-0.2, -0.15) is 6.92 Å². The van der Waals surface area contributed by atoms with E-state index in [2.05, 4.69) is 133 Å². The maximum absolute atomic E-state index is 3.25. The molecule has 1 fully saturated rings. The molecule has 182 valence electrons. The summed E-state index contributed by atoms with van der Waals surface area (Å²) in [6, 6.07) is 32.5. The van der Waals surface area contributed by atoms with E-state index in [9.17, 15) is 0 Å². The Bertz CT molecular complexity index is 711. The third kappa shape index (κ3) is 8.39. The minimum absolute atomic E-state index is 0. The Morgan fingerprint density at radius 2 is 0.636 bits per heavy atom. The van der Waals surface area contributed by atoms with Crippen molar-refractivity contribution in [2.45, 2.75) is 41.5 Å². The molecule has 1 saturated carbocycles. The SMILES string of the molecule is CC1C(C)C(C)C(C)C1C.[CH2-]C.[CH3-].[Ni+2].c1ccc([PH+](c2ccccc2)c2ccccc2)cc1. The van der Waals surface area contributed by atoms with Crippen LogP contribution < -0.4 is 15.9 Å². The first-order valence-corrected chi connectivity index (χ1v) is 13.2. The van der Waals surface area contributed by atoms with E-state index >= 15 is 0 Å². The Labute approximate surface area is 216 Å². The van der Waals surface area contributed by atoms with Gasteiger partial charge in [-0.05, 0) is 66.0 Å². The van der Waals surface area contributed by atoms with Crippen LogP contribution in [0.1, 0.15) is 41.5 Å². The average molecular weight is 506 g/mol. The molecule has 0 unspecified atom stereocenters. The third-order valence-electron chi connectivity index (χ3n) is 7.33. The van der Waals surface area contributed by atoms with Gasteiger partial charge in [0.1, 0.15) is 15.9 Å². The largest absolute Gasteiger partial charge is 2.00 e. The Kier molecular flexibility index (Phi) is 15.6. The fourth-order valence-electron chi connectivity index (χ4n) is 4.71. The molecule has 0 amide bonds. The number of hydrogen-bond donors (Lipinski definition) is 0. The van der Waals surface area contributed by atoms with Gasteiger partial charge in [0.05, 0.1) is 7.92 Å². The monoisotopic (exact) mass is 505 g/mol. The zero-order valence-corrected chi connectivity index (χ0v) is 23.6. The second-order valence-corrected chi connectivity index (χ2v) is 11.3. The van der Waals surface area contributed by atoms with Crippen LogP contribution in [0, 0.1) is 43.9 Å². The van der Waals surface area contributed by atoms with Crippen molar-refractivity contribution in [1.82, 2.24) is 0 Å². The van der Waals surface area contributed by atoms with Crippen LogP contribution in [0.5, 0.6) is 0 Å². The summed E-state index contributed by atoms with van der Waals surface area (Å²) in [5, 5.41) is 4.31. The first-order valence-electron chi connectivity index (χ1n) is 11.7. The van der Waals surface area contributed by atoms with E-state index in [1.165, 1.54) is 15.9 Å². The van der Waals surface area contributed by atoms with Gasteiger partial charge in [-0.15, -0.1) is 0 Å². The van der Waals surface area contributed by atoms with Crippen LogP contribution in [0.25, 0.3) is 0 Å². The van der Waals surface area contributed by atoms with Crippen LogP contribution in [0.15, 0.2) is 91.0 Å². The molecule has 0 atom stereocenters. The minimum atomic E-state index is -0.877. The van der Waals surface area contributed by atoms with E-state index < -0.39 is 7.92 Å². The van der Waals surface area contributed by atoms with E-state index in [0.29, 0.717) is 0 Å². The molecule has 0 aliphatic heterocycles. The second-order valence-electron chi connectivity index (χ2n) is 8.77. The van der Waals surface area contributed by atoms with Crippen molar-refractivity contribution in [2.24, 2.45) is 29.6 Å². The molecule has 3 aromatic rings. The molecular formula is C31H44NiP+. The molecule has 3 aromatic carbocycles. The van der Waals surface area contributed by atoms with E-state index in [-0.39, 0.29) is 23.9 Å². The average Bonchev–Trinajstić information content (AvgIpc) is 3.01. The van der Waals surface area contributed by atoms with Crippen LogP contribution in [0.4, 0.5) is 0 Å². The van der Waals surface area contributed by atoms with Crippen molar-refractivity contribution in [3.8, 4) is 0 Å². The molecule has 0 aromatic heterocycles. The summed E-state index contributed by atoms with van der Waals surface area (Å²) < 4.78 is 0. The molecule has 2 heteroatoms. The van der Waals surface area contributed by atoms with Gasteiger partial charge in [0.25, 0.3) is 0 Å². The summed E-state index contributed by atoms with van der Waals surface area (Å²) in [5.41, 5.74) is 0. The maximum Gasteiger partial charge on any atom is 2.00 e. The van der Waals surface area contributed by atoms with Gasteiger partial charge in [0, 0.05) is 0 Å². The molecular weight excluding hydrogens is 462 g/mol. The molecule has 1 aliphatic rings. The summed E-state index contributed by atoms with van der Waals surface area (Å²) >= 11 is 0. The molecule has 1 aliphatic carbocycles. The molecule has 0 bridgehead atoms. The third-order valence-corrected chi connectivity index (χ3v) is 10.1. The van der Waals surface area contributed by atoms with Crippen LogP contribution >= 0.6 is 7.92 Å². The Hall–Kier alpha value is -1.42. The molecule has 33 heavy (non-hydrogen) atoms. The molecule has 0 nitrogen and oxygen atoms in total. The predicted molar refractivity (Wildman–Crippen MR) is 150 cm³/mol. The number of hydrogen-bond acceptors (Lipinski definition) is 0. The second kappa shape index (κ2) is 16.3. The van der Waals surface area contributed by atoms with Crippen molar-refractivity contribution in [3.63, 3.8) is 0 Å². The van der Waals surface area contributed by atoms with Crippen molar-refractivity contribution in [1.29, 1.82) is 0 Å². The maximum atomic E-state index is 3.25. The predicted octanol–water partition coefficient (Wildman–Crippen LogP) is 7.65. The zero-order chi connectivity index (χ0) is 22.8. The summed E-state index contributed by atoms with van der Waals surface area (Å²) in [6.07, 6.45) is 0. The van der Waals surface area contributed by atoms with Gasteiger partial charge >= 0.3 is 16.5 Å². The first-order chi connectivity index (χ1) is 15.0. The Morgan fingerprint density at radius 3 is 0.818 bits per heavy atom. The summed E-state index contributed by atoms with van der Waals surface area (Å²) in [4.78, 5) is 0. The molecule has 4 rings (SSSR count). The standard InChI is InChI=1S/C18H15P.C10H20.C2H5.CH3.Ni/c1-4-10-16(11-5-1)19(17-12-6-2-7-13-17)18-14-8-3-9-15-18;1-6-7(2)9(4)10(5)8(6)3;1-2;;/h1-15H;6-10H,1-5H3;1H2,2H3;1H3;/q;;2*-1;+2/p+1. The van der Waals surface area contributed by atoms with E-state index in [1.54, 1.807) is 6.92 Å². The summed E-state index contributed by atoms with van der Waals surface area (Å²) in [5.74, 6) is 4.68. The summed E-state index contributed by atoms with van der Waals surface area (Å²) in [7, 11) is -0.877. The number of benzene rings is 3. The van der Waals surface area contributed by atoms with E-state index in [1.807, 2.05) is 0 Å². The van der Waals surface area contributed by atoms with Gasteiger partial charge in [-0.25, -0.2) is 0 Å².